The van der Waals surface area contributed by atoms with Crippen LogP contribution in [0.15, 0.2) is 78.9 Å². The summed E-state index contributed by atoms with van der Waals surface area (Å²) in [5.74, 6) is 1.61. The van der Waals surface area contributed by atoms with Crippen LogP contribution in [0.1, 0.15) is 12.5 Å². The fourth-order valence-corrected chi connectivity index (χ4v) is 3.60. The van der Waals surface area contributed by atoms with Gasteiger partial charge >= 0.3 is 0 Å². The van der Waals surface area contributed by atoms with Crippen molar-refractivity contribution in [1.82, 2.24) is 0 Å². The average molecular weight is 497 g/mol. The number of ether oxygens (including phenoxy) is 3. The summed E-state index contributed by atoms with van der Waals surface area (Å²) >= 11 is 0. The molecule has 2 N–H and O–H groups in total. The number of carbonyl (C=O) groups is 1. The van der Waals surface area contributed by atoms with Crippen LogP contribution in [-0.4, -0.2) is 40.4 Å². The van der Waals surface area contributed by atoms with Gasteiger partial charge in [0, 0.05) is 17.5 Å². The molecule has 0 bridgehead atoms. The molecule has 0 aromatic heterocycles. The van der Waals surface area contributed by atoms with E-state index in [0.29, 0.717) is 42.7 Å². The predicted octanol–water partition coefficient (Wildman–Crippen LogP) is 4.57. The van der Waals surface area contributed by atoms with Gasteiger partial charge in [0.25, 0.3) is 0 Å². The zero-order valence-electron chi connectivity index (χ0n) is 19.6. The molecule has 0 saturated carbocycles. The molecule has 0 saturated heterocycles. The maximum atomic E-state index is 12.3. The quantitative estimate of drug-likeness (QED) is 0.281. The van der Waals surface area contributed by atoms with Crippen molar-refractivity contribution in [1.29, 1.82) is 0 Å². The highest BCUT2D eigenvalue weighted by Crippen LogP contribution is 2.29. The van der Waals surface area contributed by atoms with Crippen LogP contribution >= 0.6 is 0 Å². The lowest BCUT2D eigenvalue weighted by Crippen LogP contribution is -2.10. The summed E-state index contributed by atoms with van der Waals surface area (Å²) in [6.45, 7) is 3.09. The third kappa shape index (κ3) is 9.05. The summed E-state index contributed by atoms with van der Waals surface area (Å²) in [6.07, 6.45) is 4.14. The van der Waals surface area contributed by atoms with E-state index in [9.17, 15) is 13.2 Å². The number of carbonyl (C=O) groups excluding carboxylic acids is 1. The lowest BCUT2D eigenvalue weighted by Gasteiger charge is -2.13. The van der Waals surface area contributed by atoms with E-state index in [1.165, 1.54) is 6.08 Å². The van der Waals surface area contributed by atoms with E-state index < -0.39 is 10.0 Å². The Hall–Kier alpha value is -3.98. The third-order valence-corrected chi connectivity index (χ3v) is 5.11. The van der Waals surface area contributed by atoms with Crippen molar-refractivity contribution < 1.29 is 27.4 Å². The first-order valence-electron chi connectivity index (χ1n) is 11.0. The van der Waals surface area contributed by atoms with Gasteiger partial charge in [-0.15, -0.1) is 0 Å². The summed E-state index contributed by atoms with van der Waals surface area (Å²) in [5, 5.41) is 2.73. The van der Waals surface area contributed by atoms with E-state index in [2.05, 4.69) is 10.0 Å². The van der Waals surface area contributed by atoms with Crippen molar-refractivity contribution in [2.45, 2.75) is 6.92 Å². The number of rotatable bonds is 12. The number of anilines is 2. The first-order chi connectivity index (χ1) is 16.8. The average Bonchev–Trinajstić information content (AvgIpc) is 2.83. The molecule has 0 aliphatic rings. The number of hydrogen-bond acceptors (Lipinski definition) is 6. The summed E-state index contributed by atoms with van der Waals surface area (Å²) in [7, 11) is -3.36. The molecule has 0 heterocycles. The SMILES string of the molecule is CCOc1cc(/C=C/C(=O)Nc2ccc(NS(C)(=O)=O)cc2)ccc1OCCOc1ccccc1. The minimum absolute atomic E-state index is 0.329. The van der Waals surface area contributed by atoms with Crippen LogP contribution in [0.2, 0.25) is 0 Å². The molecule has 3 rings (SSSR count). The van der Waals surface area contributed by atoms with Crippen molar-refractivity contribution in [3.8, 4) is 17.2 Å². The van der Waals surface area contributed by atoms with E-state index >= 15 is 0 Å². The van der Waals surface area contributed by atoms with E-state index in [-0.39, 0.29) is 5.91 Å². The Morgan fingerprint density at radius 1 is 0.857 bits per heavy atom. The van der Waals surface area contributed by atoms with Gasteiger partial charge in [0.05, 0.1) is 12.9 Å². The Morgan fingerprint density at radius 2 is 1.54 bits per heavy atom. The molecule has 0 aliphatic heterocycles. The van der Waals surface area contributed by atoms with Gasteiger partial charge < -0.3 is 19.5 Å². The van der Waals surface area contributed by atoms with Gasteiger partial charge in [-0.2, -0.15) is 0 Å². The highest BCUT2D eigenvalue weighted by molar-refractivity contribution is 7.92. The first-order valence-corrected chi connectivity index (χ1v) is 12.9. The lowest BCUT2D eigenvalue weighted by atomic mass is 10.2. The number of nitrogens with one attached hydrogen (secondary N) is 2. The maximum Gasteiger partial charge on any atom is 0.248 e. The van der Waals surface area contributed by atoms with E-state index in [4.69, 9.17) is 14.2 Å². The van der Waals surface area contributed by atoms with Crippen molar-refractivity contribution >= 4 is 33.4 Å². The van der Waals surface area contributed by atoms with Crippen molar-refractivity contribution in [2.75, 3.05) is 36.1 Å². The predicted molar refractivity (Wildman–Crippen MR) is 138 cm³/mol. The number of sulfonamides is 1. The topological polar surface area (TPSA) is 103 Å². The van der Waals surface area contributed by atoms with Crippen molar-refractivity contribution in [2.24, 2.45) is 0 Å². The second-order valence-corrected chi connectivity index (χ2v) is 9.17. The van der Waals surface area contributed by atoms with Crippen LogP contribution in [0.5, 0.6) is 17.2 Å². The lowest BCUT2D eigenvalue weighted by molar-refractivity contribution is -0.111. The zero-order valence-corrected chi connectivity index (χ0v) is 20.4. The molecule has 35 heavy (non-hydrogen) atoms. The molecule has 0 atom stereocenters. The number of benzene rings is 3. The second-order valence-electron chi connectivity index (χ2n) is 7.42. The number of amides is 1. The molecular weight excluding hydrogens is 468 g/mol. The number of para-hydroxylation sites is 1. The summed E-state index contributed by atoms with van der Waals surface area (Å²) in [4.78, 5) is 12.3. The van der Waals surface area contributed by atoms with Gasteiger partial charge in [-0.05, 0) is 67.1 Å². The van der Waals surface area contributed by atoms with Gasteiger partial charge in [0.15, 0.2) is 11.5 Å². The van der Waals surface area contributed by atoms with Crippen LogP contribution in [0.3, 0.4) is 0 Å². The molecule has 0 fully saturated rings. The van der Waals surface area contributed by atoms with E-state index in [1.807, 2.05) is 43.3 Å². The minimum Gasteiger partial charge on any atom is -0.490 e. The van der Waals surface area contributed by atoms with Gasteiger partial charge in [0.2, 0.25) is 15.9 Å². The highest BCUT2D eigenvalue weighted by atomic mass is 32.2. The van der Waals surface area contributed by atoms with Crippen LogP contribution < -0.4 is 24.2 Å². The Labute approximate surface area is 205 Å². The largest absolute Gasteiger partial charge is 0.490 e. The number of hydrogen-bond donors (Lipinski definition) is 2. The molecule has 0 spiro atoms. The monoisotopic (exact) mass is 496 g/mol. The van der Waals surface area contributed by atoms with Crippen LogP contribution in [0.4, 0.5) is 11.4 Å². The zero-order chi connectivity index (χ0) is 25.1. The van der Waals surface area contributed by atoms with Gasteiger partial charge in [-0.25, -0.2) is 8.42 Å². The van der Waals surface area contributed by atoms with Crippen molar-refractivity contribution in [3.05, 3.63) is 84.4 Å². The Morgan fingerprint density at radius 3 is 2.23 bits per heavy atom. The molecule has 1 amide bonds. The molecule has 9 heteroatoms. The molecule has 184 valence electrons. The van der Waals surface area contributed by atoms with Crippen LogP contribution in [0, 0.1) is 0 Å². The molecule has 0 unspecified atom stereocenters. The minimum atomic E-state index is -3.36. The van der Waals surface area contributed by atoms with E-state index in [1.54, 1.807) is 42.5 Å². The summed E-state index contributed by atoms with van der Waals surface area (Å²) in [5.41, 5.74) is 1.72. The van der Waals surface area contributed by atoms with Crippen LogP contribution in [0.25, 0.3) is 6.08 Å². The summed E-state index contributed by atoms with van der Waals surface area (Å²) in [6, 6.07) is 21.3. The maximum absolute atomic E-state index is 12.3. The first kappa shape index (κ1) is 25.6. The van der Waals surface area contributed by atoms with Gasteiger partial charge in [-0.1, -0.05) is 24.3 Å². The third-order valence-electron chi connectivity index (χ3n) is 4.50. The van der Waals surface area contributed by atoms with Crippen molar-refractivity contribution in [3.63, 3.8) is 0 Å². The van der Waals surface area contributed by atoms with Gasteiger partial charge in [-0.3, -0.25) is 9.52 Å². The van der Waals surface area contributed by atoms with Crippen LogP contribution in [-0.2, 0) is 14.8 Å². The van der Waals surface area contributed by atoms with Gasteiger partial charge in [0.1, 0.15) is 19.0 Å². The molecule has 0 aliphatic carbocycles. The molecule has 8 nitrogen and oxygen atoms in total. The Bertz CT molecular complexity index is 1240. The second kappa shape index (κ2) is 12.5. The fraction of sp³-hybridized carbons (Fsp3) is 0.192. The highest BCUT2D eigenvalue weighted by Gasteiger charge is 2.07. The Balaban J connectivity index is 1.55. The molecule has 3 aromatic carbocycles. The smallest absolute Gasteiger partial charge is 0.248 e. The summed E-state index contributed by atoms with van der Waals surface area (Å²) < 4.78 is 42.1. The van der Waals surface area contributed by atoms with E-state index in [0.717, 1.165) is 17.6 Å². The molecular formula is C26H28N2O6S. The fourth-order valence-electron chi connectivity index (χ4n) is 3.04. The molecule has 0 radical (unpaired) electrons. The normalized spacial score (nSPS) is 11.1. The standard InChI is InChI=1S/C26H28N2O6S/c1-3-32-25-19-20(9-15-24(25)34-18-17-33-23-7-5-4-6-8-23)10-16-26(29)27-21-11-13-22(14-12-21)28-35(2,30)31/h4-16,19,28H,3,17-18H2,1-2H3,(H,27,29)/b16-10+. The Kier molecular flexibility index (Phi) is 9.14. The molecule has 3 aromatic rings.